The van der Waals surface area contributed by atoms with E-state index >= 15 is 0 Å². The van der Waals surface area contributed by atoms with E-state index in [1.54, 1.807) is 45.2 Å². The summed E-state index contributed by atoms with van der Waals surface area (Å²) in [5, 5.41) is 29.5. The van der Waals surface area contributed by atoms with Crippen LogP contribution in [-0.4, -0.2) is 89.7 Å². The van der Waals surface area contributed by atoms with Crippen molar-refractivity contribution in [3.05, 3.63) is 71.5 Å². The molecule has 0 bridgehead atoms. The molecule has 17 heteroatoms. The van der Waals surface area contributed by atoms with Crippen molar-refractivity contribution >= 4 is 47.7 Å². The average Bonchev–Trinajstić information content (AvgIpc) is 3.67. The number of amides is 4. The number of nitrogens with zero attached hydrogens (tertiary/aromatic N) is 1. The Kier molecular flexibility index (Phi) is 16.7. The predicted molar refractivity (Wildman–Crippen MR) is 198 cm³/mol. The molecular weight excluding hydrogens is 718 g/mol. The van der Waals surface area contributed by atoms with Crippen molar-refractivity contribution < 1.29 is 57.8 Å². The molecular formula is C38H47N5O12. The minimum atomic E-state index is -1.67. The highest BCUT2D eigenvalue weighted by atomic mass is 16.7. The smallest absolute Gasteiger partial charge is 0.363 e. The van der Waals surface area contributed by atoms with Crippen LogP contribution in [0.2, 0.25) is 0 Å². The number of unbranched alkanes of at least 4 members (excludes halogenated alkanes) is 2. The highest BCUT2D eigenvalue weighted by molar-refractivity contribution is 6.00. The number of anilines is 1. The van der Waals surface area contributed by atoms with Gasteiger partial charge in [0.15, 0.2) is 5.76 Å². The standard InChI is InChI=1S/C38H47N5O12/c1-5-8-9-10-26(29(6-2)43(22-44)55-38(52)23-11-14-25(39-4)15-12-23)34(47)40-21-41-36(49)31-18-17-30(54-31)24-13-16-27(32(19-24)53-7-3)35(48)42-28(37(50)51)20-33(45)46/h11-19,22,26,28-29,39H,5-10,20-21H2,1-4H3,(H,40,47)(H,41,49)(H,42,48)(H,45,46)(H,50,51)/t26?,28?,29-/m1/s1. The molecule has 4 amide bonds. The molecule has 17 nitrogen and oxygen atoms in total. The number of carboxylic acids is 2. The predicted octanol–water partition coefficient (Wildman–Crippen LogP) is 4.05. The maximum atomic E-state index is 13.5. The number of hydrogen-bond acceptors (Lipinski definition) is 11. The molecule has 6 N–H and O–H groups in total. The molecule has 0 aliphatic rings. The van der Waals surface area contributed by atoms with Gasteiger partial charge in [-0.3, -0.25) is 24.0 Å². The van der Waals surface area contributed by atoms with Crippen LogP contribution in [0, 0.1) is 5.92 Å². The highest BCUT2D eigenvalue weighted by Gasteiger charge is 2.34. The molecule has 0 aliphatic carbocycles. The van der Waals surface area contributed by atoms with Gasteiger partial charge < -0.3 is 45.5 Å². The summed E-state index contributed by atoms with van der Waals surface area (Å²) in [6.45, 7) is 5.30. The first-order valence-corrected chi connectivity index (χ1v) is 17.8. The number of ether oxygens (including phenoxy) is 1. The van der Waals surface area contributed by atoms with Crippen molar-refractivity contribution in [1.29, 1.82) is 0 Å². The van der Waals surface area contributed by atoms with E-state index in [2.05, 4.69) is 21.3 Å². The number of carbonyl (C=O) groups excluding carboxylic acids is 5. The average molecular weight is 766 g/mol. The number of hydrogen-bond donors (Lipinski definition) is 6. The number of carbonyl (C=O) groups is 7. The molecule has 0 saturated carbocycles. The van der Waals surface area contributed by atoms with Gasteiger partial charge in [-0.05, 0) is 68.3 Å². The summed E-state index contributed by atoms with van der Waals surface area (Å²) in [5.74, 6) is -6.26. The second-order valence-electron chi connectivity index (χ2n) is 12.2. The summed E-state index contributed by atoms with van der Waals surface area (Å²) in [6.07, 6.45) is 2.61. The minimum Gasteiger partial charge on any atom is -0.493 e. The van der Waals surface area contributed by atoms with Crippen LogP contribution >= 0.6 is 0 Å². The molecule has 1 aromatic heterocycles. The lowest BCUT2D eigenvalue weighted by molar-refractivity contribution is -0.171. The van der Waals surface area contributed by atoms with Gasteiger partial charge in [-0.1, -0.05) is 39.2 Å². The first-order chi connectivity index (χ1) is 26.4. The zero-order valence-corrected chi connectivity index (χ0v) is 31.1. The fourth-order valence-electron chi connectivity index (χ4n) is 5.64. The van der Waals surface area contributed by atoms with E-state index in [9.17, 15) is 38.7 Å². The van der Waals surface area contributed by atoms with E-state index in [1.807, 2.05) is 6.92 Å². The van der Waals surface area contributed by atoms with Crippen molar-refractivity contribution in [1.82, 2.24) is 21.0 Å². The Bertz CT molecular complexity index is 1810. The third-order valence-electron chi connectivity index (χ3n) is 8.50. The first-order valence-electron chi connectivity index (χ1n) is 17.8. The number of rotatable bonds is 23. The topological polar surface area (TPSA) is 243 Å². The fourth-order valence-corrected chi connectivity index (χ4v) is 5.64. The van der Waals surface area contributed by atoms with E-state index in [-0.39, 0.29) is 41.7 Å². The summed E-state index contributed by atoms with van der Waals surface area (Å²) < 4.78 is 11.3. The van der Waals surface area contributed by atoms with Gasteiger partial charge in [0.25, 0.3) is 11.8 Å². The molecule has 55 heavy (non-hydrogen) atoms. The number of nitrogens with one attached hydrogen (secondary N) is 4. The van der Waals surface area contributed by atoms with E-state index in [4.69, 9.17) is 19.1 Å². The third kappa shape index (κ3) is 12.3. The number of hydroxylamine groups is 2. The van der Waals surface area contributed by atoms with Gasteiger partial charge >= 0.3 is 17.9 Å². The molecule has 3 atom stereocenters. The molecule has 296 valence electrons. The molecule has 2 unspecified atom stereocenters. The Morgan fingerprint density at radius 2 is 1.64 bits per heavy atom. The molecule has 0 saturated heterocycles. The number of carboxylic acid groups (broad SMARTS) is 2. The lowest BCUT2D eigenvalue weighted by Crippen LogP contribution is -2.49. The van der Waals surface area contributed by atoms with Crippen molar-refractivity contribution in [2.45, 2.75) is 71.4 Å². The van der Waals surface area contributed by atoms with E-state index in [1.165, 1.54) is 30.3 Å². The monoisotopic (exact) mass is 765 g/mol. The zero-order chi connectivity index (χ0) is 40.5. The molecule has 0 fully saturated rings. The van der Waals surface area contributed by atoms with Crippen LogP contribution in [0.4, 0.5) is 5.69 Å². The van der Waals surface area contributed by atoms with Crippen molar-refractivity contribution in [3.63, 3.8) is 0 Å². The Balaban J connectivity index is 1.69. The van der Waals surface area contributed by atoms with Crippen molar-refractivity contribution in [3.8, 4) is 17.1 Å². The maximum absolute atomic E-state index is 13.5. The van der Waals surface area contributed by atoms with Gasteiger partial charge in [0, 0.05) is 18.3 Å². The van der Waals surface area contributed by atoms with Crippen LogP contribution in [0.25, 0.3) is 11.3 Å². The summed E-state index contributed by atoms with van der Waals surface area (Å²) >= 11 is 0. The second-order valence-corrected chi connectivity index (χ2v) is 12.2. The molecule has 3 rings (SSSR count). The van der Waals surface area contributed by atoms with Crippen LogP contribution in [0.3, 0.4) is 0 Å². The Labute approximate surface area is 317 Å². The van der Waals surface area contributed by atoms with Crippen molar-refractivity contribution in [2.24, 2.45) is 5.92 Å². The van der Waals surface area contributed by atoms with E-state index in [0.29, 0.717) is 31.2 Å². The van der Waals surface area contributed by atoms with Crippen LogP contribution in [0.1, 0.15) is 90.6 Å². The Hall–Kier alpha value is -6.39. The zero-order valence-electron chi connectivity index (χ0n) is 31.1. The molecule has 0 radical (unpaired) electrons. The highest BCUT2D eigenvalue weighted by Crippen LogP contribution is 2.29. The van der Waals surface area contributed by atoms with Gasteiger partial charge in [0.1, 0.15) is 17.6 Å². The molecule has 3 aromatic rings. The van der Waals surface area contributed by atoms with E-state index < -0.39 is 60.1 Å². The van der Waals surface area contributed by atoms with E-state index in [0.717, 1.165) is 23.6 Å². The first kappa shape index (κ1) is 43.0. The third-order valence-corrected chi connectivity index (χ3v) is 8.50. The largest absolute Gasteiger partial charge is 0.493 e. The molecule has 0 aliphatic heterocycles. The summed E-state index contributed by atoms with van der Waals surface area (Å²) in [6, 6.07) is 11.2. The van der Waals surface area contributed by atoms with Gasteiger partial charge in [-0.2, -0.15) is 5.06 Å². The molecule has 0 spiro atoms. The van der Waals surface area contributed by atoms with Crippen LogP contribution in [-0.2, 0) is 24.0 Å². The summed E-state index contributed by atoms with van der Waals surface area (Å²) in [4.78, 5) is 92.3. The summed E-state index contributed by atoms with van der Waals surface area (Å²) in [5.41, 5.74) is 1.36. The van der Waals surface area contributed by atoms with Gasteiger partial charge in [-0.15, -0.1) is 0 Å². The Morgan fingerprint density at radius 1 is 0.909 bits per heavy atom. The van der Waals surface area contributed by atoms with Gasteiger partial charge in [-0.25, -0.2) is 9.59 Å². The van der Waals surface area contributed by atoms with Crippen molar-refractivity contribution in [2.75, 3.05) is 25.6 Å². The lowest BCUT2D eigenvalue weighted by atomic mass is 9.90. The second kappa shape index (κ2) is 21.3. The Morgan fingerprint density at radius 3 is 2.24 bits per heavy atom. The SMILES string of the molecule is CCCCCC(C(=O)NCNC(=O)c1ccc(-c2ccc(C(=O)NC(CC(=O)O)C(=O)O)c(OCC)c2)o1)[C@@H](CC)N(C=O)OC(=O)c1ccc(NC)cc1. The number of benzene rings is 2. The maximum Gasteiger partial charge on any atom is 0.363 e. The number of furan rings is 1. The molecule has 2 aromatic carbocycles. The minimum absolute atomic E-state index is 0.0466. The van der Waals surface area contributed by atoms with Crippen LogP contribution in [0.15, 0.2) is 59.0 Å². The fraction of sp³-hybridized carbons (Fsp3) is 0.395. The number of aliphatic carboxylic acids is 2. The van der Waals surface area contributed by atoms with Crippen LogP contribution in [0.5, 0.6) is 5.75 Å². The van der Waals surface area contributed by atoms with Gasteiger partial charge in [0.05, 0.1) is 42.8 Å². The normalized spacial score (nSPS) is 12.3. The van der Waals surface area contributed by atoms with Gasteiger partial charge in [0.2, 0.25) is 12.3 Å². The lowest BCUT2D eigenvalue weighted by Gasteiger charge is -2.31. The van der Waals surface area contributed by atoms with Crippen LogP contribution < -0.4 is 26.0 Å². The summed E-state index contributed by atoms with van der Waals surface area (Å²) in [7, 11) is 1.74. The molecule has 1 heterocycles. The quantitative estimate of drug-likeness (QED) is 0.0346.